The lowest BCUT2D eigenvalue weighted by Crippen LogP contribution is -2.14. The topological polar surface area (TPSA) is 21.3 Å². The first kappa shape index (κ1) is 13.2. The van der Waals surface area contributed by atoms with E-state index in [2.05, 4.69) is 45.5 Å². The maximum atomic E-state index is 5.35. The second kappa shape index (κ2) is 5.65. The molecule has 4 heteroatoms. The molecule has 0 aliphatic heterocycles. The molecule has 1 aromatic heterocycles. The Bertz CT molecular complexity index is 577. The van der Waals surface area contributed by atoms with E-state index in [1.165, 1.54) is 28.2 Å². The van der Waals surface area contributed by atoms with Crippen LogP contribution < -0.4 is 10.1 Å². The van der Waals surface area contributed by atoms with Crippen LogP contribution in [0.2, 0.25) is 0 Å². The molecule has 1 saturated carbocycles. The number of benzene rings is 1. The number of methoxy groups -OCH3 is 1. The van der Waals surface area contributed by atoms with Crippen molar-refractivity contribution < 1.29 is 4.74 Å². The first-order valence-electron chi connectivity index (χ1n) is 6.42. The van der Waals surface area contributed by atoms with Crippen molar-refractivity contribution >= 4 is 27.3 Å². The van der Waals surface area contributed by atoms with Crippen LogP contribution in [0, 0.1) is 0 Å². The van der Waals surface area contributed by atoms with E-state index in [0.29, 0.717) is 0 Å². The Morgan fingerprint density at radius 3 is 2.89 bits per heavy atom. The van der Waals surface area contributed by atoms with Crippen molar-refractivity contribution in [2.24, 2.45) is 0 Å². The molecule has 2 nitrogen and oxygen atoms in total. The first-order chi connectivity index (χ1) is 9.26. The molecule has 0 atom stereocenters. The highest BCUT2D eigenvalue weighted by atomic mass is 79.9. The van der Waals surface area contributed by atoms with Gasteiger partial charge in [0, 0.05) is 22.3 Å². The molecule has 1 aliphatic carbocycles. The minimum absolute atomic E-state index is 0.762. The predicted molar refractivity (Wildman–Crippen MR) is 83.9 cm³/mol. The summed E-state index contributed by atoms with van der Waals surface area (Å²) in [4.78, 5) is 2.68. The predicted octanol–water partition coefficient (Wildman–Crippen LogP) is 4.44. The molecule has 3 rings (SSSR count). The highest BCUT2D eigenvalue weighted by Crippen LogP contribution is 2.34. The van der Waals surface area contributed by atoms with Crippen molar-refractivity contribution in [3.8, 4) is 16.2 Å². The zero-order chi connectivity index (χ0) is 13.2. The molecule has 100 valence electrons. The smallest absolute Gasteiger partial charge is 0.133 e. The highest BCUT2D eigenvalue weighted by Gasteiger charge is 2.20. The van der Waals surface area contributed by atoms with Gasteiger partial charge in [-0.3, -0.25) is 0 Å². The summed E-state index contributed by atoms with van der Waals surface area (Å²) in [6.45, 7) is 0.989. The quantitative estimate of drug-likeness (QED) is 0.870. The number of halogens is 1. The van der Waals surface area contributed by atoms with E-state index in [-0.39, 0.29) is 0 Å². The Morgan fingerprint density at radius 2 is 2.16 bits per heavy atom. The normalized spacial score (nSPS) is 14.6. The fraction of sp³-hybridized carbons (Fsp3) is 0.333. The number of hydrogen-bond acceptors (Lipinski definition) is 3. The molecule has 1 aliphatic rings. The molecule has 1 aromatic carbocycles. The van der Waals surface area contributed by atoms with E-state index >= 15 is 0 Å². The minimum atomic E-state index is 0.762. The monoisotopic (exact) mass is 337 g/mol. The summed E-state index contributed by atoms with van der Waals surface area (Å²) in [5.41, 5.74) is 1.21. The Kier molecular flexibility index (Phi) is 3.91. The van der Waals surface area contributed by atoms with Gasteiger partial charge in [-0.05, 0) is 58.6 Å². The molecule has 0 unspecified atom stereocenters. The van der Waals surface area contributed by atoms with Crippen LogP contribution in [0.3, 0.4) is 0 Å². The van der Waals surface area contributed by atoms with Crippen LogP contribution in [-0.2, 0) is 6.54 Å². The fourth-order valence-corrected chi connectivity index (χ4v) is 3.34. The van der Waals surface area contributed by atoms with Crippen LogP contribution in [0.15, 0.2) is 34.8 Å². The molecule has 1 N–H and O–H groups in total. The maximum absolute atomic E-state index is 5.35. The lowest BCUT2D eigenvalue weighted by Gasteiger charge is -2.05. The molecule has 0 spiro atoms. The van der Waals surface area contributed by atoms with Crippen LogP contribution in [0.4, 0.5) is 0 Å². The Labute approximate surface area is 125 Å². The molecule has 0 radical (unpaired) electrons. The zero-order valence-electron chi connectivity index (χ0n) is 10.8. The second-order valence-electron chi connectivity index (χ2n) is 4.77. The van der Waals surface area contributed by atoms with Crippen LogP contribution in [0.25, 0.3) is 10.4 Å². The van der Waals surface area contributed by atoms with Gasteiger partial charge in [0.05, 0.1) is 11.6 Å². The van der Waals surface area contributed by atoms with Crippen LogP contribution in [-0.4, -0.2) is 13.2 Å². The van der Waals surface area contributed by atoms with E-state index in [1.807, 2.05) is 17.4 Å². The highest BCUT2D eigenvalue weighted by molar-refractivity contribution is 9.10. The molecule has 1 fully saturated rings. The van der Waals surface area contributed by atoms with Gasteiger partial charge in [0.25, 0.3) is 0 Å². The molecule has 2 aromatic rings. The number of thiophene rings is 1. The lowest BCUT2D eigenvalue weighted by atomic mass is 10.2. The van der Waals surface area contributed by atoms with Crippen molar-refractivity contribution in [3.63, 3.8) is 0 Å². The standard InChI is InChI=1S/C15H16BrNOS/c1-18-14-8-10(2-6-13(14)16)15-7-5-12(19-15)9-17-11-3-4-11/h2,5-8,11,17H,3-4,9H2,1H3. The fourth-order valence-electron chi connectivity index (χ4n) is 1.97. The van der Waals surface area contributed by atoms with E-state index < -0.39 is 0 Å². The third kappa shape index (κ3) is 3.19. The summed E-state index contributed by atoms with van der Waals surface area (Å²) < 4.78 is 6.34. The maximum Gasteiger partial charge on any atom is 0.133 e. The minimum Gasteiger partial charge on any atom is -0.496 e. The molecular formula is C15H16BrNOS. The van der Waals surface area contributed by atoms with Gasteiger partial charge in [-0.2, -0.15) is 0 Å². The summed E-state index contributed by atoms with van der Waals surface area (Å²) in [6, 6.07) is 11.4. The molecule has 0 bridgehead atoms. The lowest BCUT2D eigenvalue weighted by molar-refractivity contribution is 0.412. The molecule has 0 saturated heterocycles. The van der Waals surface area contributed by atoms with E-state index in [1.54, 1.807) is 7.11 Å². The van der Waals surface area contributed by atoms with Crippen molar-refractivity contribution in [1.29, 1.82) is 0 Å². The van der Waals surface area contributed by atoms with Crippen molar-refractivity contribution in [2.75, 3.05) is 7.11 Å². The van der Waals surface area contributed by atoms with Crippen molar-refractivity contribution in [3.05, 3.63) is 39.7 Å². The molecule has 0 amide bonds. The SMILES string of the molecule is COc1cc(-c2ccc(CNC3CC3)s2)ccc1Br. The summed E-state index contributed by atoms with van der Waals surface area (Å²) in [7, 11) is 1.70. The van der Waals surface area contributed by atoms with Crippen molar-refractivity contribution in [1.82, 2.24) is 5.32 Å². The largest absolute Gasteiger partial charge is 0.496 e. The molecular weight excluding hydrogens is 322 g/mol. The van der Waals surface area contributed by atoms with Crippen LogP contribution in [0.1, 0.15) is 17.7 Å². The Balaban J connectivity index is 1.77. The van der Waals surface area contributed by atoms with E-state index in [9.17, 15) is 0 Å². The molecule has 1 heterocycles. The number of hydrogen-bond donors (Lipinski definition) is 1. The Morgan fingerprint density at radius 1 is 1.32 bits per heavy atom. The van der Waals surface area contributed by atoms with Crippen LogP contribution in [0.5, 0.6) is 5.75 Å². The summed E-state index contributed by atoms with van der Waals surface area (Å²) in [5.74, 6) is 0.878. The van der Waals surface area contributed by atoms with Crippen LogP contribution >= 0.6 is 27.3 Å². The van der Waals surface area contributed by atoms with Gasteiger partial charge in [-0.1, -0.05) is 6.07 Å². The Hall–Kier alpha value is -0.840. The van der Waals surface area contributed by atoms with Gasteiger partial charge in [0.2, 0.25) is 0 Å². The summed E-state index contributed by atoms with van der Waals surface area (Å²) in [6.07, 6.45) is 2.67. The molecule has 19 heavy (non-hydrogen) atoms. The third-order valence-corrected chi connectivity index (χ3v) is 5.03. The summed E-state index contributed by atoms with van der Waals surface area (Å²) >= 11 is 5.33. The van der Waals surface area contributed by atoms with Gasteiger partial charge in [0.15, 0.2) is 0 Å². The summed E-state index contributed by atoms with van der Waals surface area (Å²) in [5, 5.41) is 3.55. The van der Waals surface area contributed by atoms with E-state index in [0.717, 1.165) is 22.8 Å². The average molecular weight is 338 g/mol. The van der Waals surface area contributed by atoms with E-state index in [4.69, 9.17) is 4.74 Å². The van der Waals surface area contributed by atoms with Gasteiger partial charge >= 0.3 is 0 Å². The number of nitrogens with one attached hydrogen (secondary N) is 1. The van der Waals surface area contributed by atoms with Gasteiger partial charge in [-0.15, -0.1) is 11.3 Å². The number of ether oxygens (including phenoxy) is 1. The van der Waals surface area contributed by atoms with Gasteiger partial charge in [0.1, 0.15) is 5.75 Å². The van der Waals surface area contributed by atoms with Gasteiger partial charge in [-0.25, -0.2) is 0 Å². The first-order valence-corrected chi connectivity index (χ1v) is 8.03. The third-order valence-electron chi connectivity index (χ3n) is 3.24. The average Bonchev–Trinajstić information content (AvgIpc) is 3.14. The zero-order valence-corrected chi connectivity index (χ0v) is 13.2. The second-order valence-corrected chi connectivity index (χ2v) is 6.79. The van der Waals surface area contributed by atoms with Gasteiger partial charge < -0.3 is 10.1 Å². The van der Waals surface area contributed by atoms with Crippen molar-refractivity contribution in [2.45, 2.75) is 25.4 Å². The number of rotatable bonds is 5.